The van der Waals surface area contributed by atoms with E-state index in [-0.39, 0.29) is 29.8 Å². The Labute approximate surface area is 171 Å². The summed E-state index contributed by atoms with van der Waals surface area (Å²) in [6.07, 6.45) is 1.38. The lowest BCUT2D eigenvalue weighted by Crippen LogP contribution is -2.55. The van der Waals surface area contributed by atoms with Crippen LogP contribution in [0.15, 0.2) is 17.5 Å². The molecule has 1 fully saturated rings. The van der Waals surface area contributed by atoms with Crippen LogP contribution in [0.3, 0.4) is 0 Å². The van der Waals surface area contributed by atoms with Crippen LogP contribution in [0.4, 0.5) is 4.79 Å². The van der Waals surface area contributed by atoms with E-state index in [2.05, 4.69) is 10.6 Å². The van der Waals surface area contributed by atoms with E-state index in [1.165, 1.54) is 11.3 Å². The summed E-state index contributed by atoms with van der Waals surface area (Å²) < 4.78 is 0. The number of likely N-dealkylation sites (tertiary alicyclic amines) is 1. The number of hydrogen-bond donors (Lipinski definition) is 2. The highest BCUT2D eigenvalue weighted by Gasteiger charge is 2.35. The van der Waals surface area contributed by atoms with Gasteiger partial charge in [0.25, 0.3) is 5.91 Å². The van der Waals surface area contributed by atoms with Gasteiger partial charge < -0.3 is 20.4 Å². The number of urea groups is 1. The Bertz CT molecular complexity index is 650. The molecule has 28 heavy (non-hydrogen) atoms. The Morgan fingerprint density at radius 3 is 2.32 bits per heavy atom. The van der Waals surface area contributed by atoms with Gasteiger partial charge in [0, 0.05) is 32.2 Å². The normalized spacial score (nSPS) is 16.0. The zero-order valence-electron chi connectivity index (χ0n) is 17.2. The van der Waals surface area contributed by atoms with E-state index < -0.39 is 6.04 Å². The number of nitrogens with one attached hydrogen (secondary N) is 2. The van der Waals surface area contributed by atoms with E-state index in [0.29, 0.717) is 43.9 Å². The van der Waals surface area contributed by atoms with Crippen molar-refractivity contribution in [2.45, 2.75) is 52.6 Å². The van der Waals surface area contributed by atoms with Gasteiger partial charge in [0.15, 0.2) is 0 Å². The lowest BCUT2D eigenvalue weighted by molar-refractivity contribution is -0.134. The van der Waals surface area contributed by atoms with Crippen LogP contribution >= 0.6 is 11.3 Å². The molecule has 0 saturated carbocycles. The lowest BCUT2D eigenvalue weighted by Gasteiger charge is -2.37. The molecule has 1 atom stereocenters. The average molecular weight is 409 g/mol. The van der Waals surface area contributed by atoms with Crippen molar-refractivity contribution >= 4 is 29.2 Å². The van der Waals surface area contributed by atoms with Crippen LogP contribution in [0, 0.1) is 5.92 Å². The van der Waals surface area contributed by atoms with Crippen molar-refractivity contribution in [3.63, 3.8) is 0 Å². The molecule has 0 aromatic carbocycles. The van der Waals surface area contributed by atoms with Gasteiger partial charge in [-0.1, -0.05) is 6.07 Å². The van der Waals surface area contributed by atoms with E-state index in [0.717, 1.165) is 0 Å². The Kier molecular flexibility index (Phi) is 8.29. The predicted octanol–water partition coefficient (Wildman–Crippen LogP) is 2.54. The van der Waals surface area contributed by atoms with E-state index in [9.17, 15) is 14.4 Å². The summed E-state index contributed by atoms with van der Waals surface area (Å²) in [6, 6.07) is 3.05. The van der Waals surface area contributed by atoms with Crippen LogP contribution in [-0.2, 0) is 4.79 Å². The number of amides is 4. The molecule has 1 aromatic rings. The molecule has 4 amide bonds. The number of nitrogens with zero attached hydrogens (tertiary/aromatic N) is 2. The largest absolute Gasteiger partial charge is 0.341 e. The molecule has 1 aromatic heterocycles. The Balaban J connectivity index is 2.08. The van der Waals surface area contributed by atoms with Gasteiger partial charge in [0.05, 0.1) is 4.88 Å². The van der Waals surface area contributed by atoms with Gasteiger partial charge in [-0.05, 0) is 57.9 Å². The van der Waals surface area contributed by atoms with Crippen LogP contribution in [0.5, 0.6) is 0 Å². The van der Waals surface area contributed by atoms with Crippen LogP contribution in [-0.4, -0.2) is 65.9 Å². The van der Waals surface area contributed by atoms with E-state index in [1.54, 1.807) is 15.9 Å². The fraction of sp³-hybridized carbons (Fsp3) is 0.650. The third kappa shape index (κ3) is 5.70. The van der Waals surface area contributed by atoms with Gasteiger partial charge in [-0.15, -0.1) is 11.3 Å². The zero-order chi connectivity index (χ0) is 20.7. The molecular formula is C20H32N4O3S. The molecule has 1 aliphatic heterocycles. The number of rotatable bonds is 7. The maximum atomic E-state index is 13.1. The first kappa shape index (κ1) is 22.2. The zero-order valence-corrected chi connectivity index (χ0v) is 18.1. The summed E-state index contributed by atoms with van der Waals surface area (Å²) >= 11 is 1.36. The van der Waals surface area contributed by atoms with Crippen molar-refractivity contribution < 1.29 is 14.4 Å². The van der Waals surface area contributed by atoms with Crippen molar-refractivity contribution in [1.29, 1.82) is 0 Å². The molecule has 2 rings (SSSR count). The van der Waals surface area contributed by atoms with Crippen molar-refractivity contribution in [1.82, 2.24) is 20.4 Å². The van der Waals surface area contributed by atoms with Gasteiger partial charge >= 0.3 is 6.03 Å². The Morgan fingerprint density at radius 1 is 1.18 bits per heavy atom. The van der Waals surface area contributed by atoms with Crippen LogP contribution in [0.25, 0.3) is 0 Å². The van der Waals surface area contributed by atoms with E-state index in [4.69, 9.17) is 0 Å². The quantitative estimate of drug-likeness (QED) is 0.727. The number of likely N-dealkylation sites (N-methyl/N-ethyl adjacent to an activating group) is 1. The fourth-order valence-corrected chi connectivity index (χ4v) is 4.13. The first-order valence-electron chi connectivity index (χ1n) is 10.1. The number of hydrogen-bond acceptors (Lipinski definition) is 4. The molecular weight excluding hydrogens is 376 g/mol. The van der Waals surface area contributed by atoms with Gasteiger partial charge in [-0.2, -0.15) is 0 Å². The number of piperidine rings is 1. The molecule has 7 nitrogen and oxygen atoms in total. The Morgan fingerprint density at radius 2 is 1.82 bits per heavy atom. The standard InChI is InChI=1S/C20H32N4O3S/c1-5-23(6-2)19(26)17(22-18(25)16-8-7-13-28-16)15-9-11-24(12-10-15)20(27)21-14(3)4/h7-8,13-15,17H,5-6,9-12H2,1-4H3,(H,21,27)(H,22,25). The first-order valence-corrected chi connectivity index (χ1v) is 10.9. The van der Waals surface area contributed by atoms with Crippen molar-refractivity contribution in [2.75, 3.05) is 26.2 Å². The lowest BCUT2D eigenvalue weighted by atomic mass is 9.88. The summed E-state index contributed by atoms with van der Waals surface area (Å²) in [5, 5.41) is 7.73. The maximum Gasteiger partial charge on any atom is 0.317 e. The number of thiophene rings is 1. The summed E-state index contributed by atoms with van der Waals surface area (Å²) in [5.74, 6) is -0.236. The van der Waals surface area contributed by atoms with Gasteiger partial charge in [0.2, 0.25) is 5.91 Å². The molecule has 0 spiro atoms. The van der Waals surface area contributed by atoms with Crippen LogP contribution < -0.4 is 10.6 Å². The number of carbonyl (C=O) groups excluding carboxylic acids is 3. The Hall–Kier alpha value is -2.09. The maximum absolute atomic E-state index is 13.1. The van der Waals surface area contributed by atoms with Gasteiger partial charge in [-0.3, -0.25) is 9.59 Å². The smallest absolute Gasteiger partial charge is 0.317 e. The average Bonchev–Trinajstić information content (AvgIpc) is 3.21. The molecule has 1 unspecified atom stereocenters. The summed E-state index contributed by atoms with van der Waals surface area (Å²) in [4.78, 5) is 42.1. The fourth-order valence-electron chi connectivity index (χ4n) is 3.51. The molecule has 0 radical (unpaired) electrons. The molecule has 156 valence electrons. The summed E-state index contributed by atoms with van der Waals surface area (Å²) in [7, 11) is 0. The van der Waals surface area contributed by atoms with Crippen LogP contribution in [0.1, 0.15) is 50.2 Å². The molecule has 1 saturated heterocycles. The minimum Gasteiger partial charge on any atom is -0.341 e. The van der Waals surface area contributed by atoms with Gasteiger partial charge in [-0.25, -0.2) is 4.79 Å². The monoisotopic (exact) mass is 408 g/mol. The third-order valence-corrected chi connectivity index (χ3v) is 5.95. The summed E-state index contributed by atoms with van der Waals surface area (Å²) in [6.45, 7) is 10.1. The summed E-state index contributed by atoms with van der Waals surface area (Å²) in [5.41, 5.74) is 0. The second-order valence-corrected chi connectivity index (χ2v) is 8.32. The molecule has 2 N–H and O–H groups in total. The molecule has 1 aliphatic rings. The molecule has 0 aliphatic carbocycles. The van der Waals surface area contributed by atoms with Crippen LogP contribution in [0.2, 0.25) is 0 Å². The SMILES string of the molecule is CCN(CC)C(=O)C(NC(=O)c1cccs1)C1CCN(C(=O)NC(C)C)CC1. The van der Waals surface area contributed by atoms with Crippen molar-refractivity contribution in [3.05, 3.63) is 22.4 Å². The van der Waals surface area contributed by atoms with E-state index >= 15 is 0 Å². The predicted molar refractivity (Wildman–Crippen MR) is 111 cm³/mol. The highest BCUT2D eigenvalue weighted by atomic mass is 32.1. The van der Waals surface area contributed by atoms with Crippen molar-refractivity contribution in [3.8, 4) is 0 Å². The van der Waals surface area contributed by atoms with Crippen molar-refractivity contribution in [2.24, 2.45) is 5.92 Å². The van der Waals surface area contributed by atoms with E-state index in [1.807, 2.05) is 39.1 Å². The third-order valence-electron chi connectivity index (χ3n) is 5.08. The highest BCUT2D eigenvalue weighted by molar-refractivity contribution is 7.12. The second kappa shape index (κ2) is 10.5. The minimum atomic E-state index is -0.565. The molecule has 2 heterocycles. The molecule has 0 bridgehead atoms. The topological polar surface area (TPSA) is 81.8 Å². The highest BCUT2D eigenvalue weighted by Crippen LogP contribution is 2.23. The van der Waals surface area contributed by atoms with Gasteiger partial charge in [0.1, 0.15) is 6.04 Å². The molecule has 8 heteroatoms. The minimum absolute atomic E-state index is 0.0140. The first-order chi connectivity index (χ1) is 13.4. The number of carbonyl (C=O) groups is 3. The second-order valence-electron chi connectivity index (χ2n) is 7.37.